The zero-order valence-electron chi connectivity index (χ0n) is 11.3. The maximum Gasteiger partial charge on any atom is -0.0156 e. The first kappa shape index (κ1) is 12.0. The summed E-state index contributed by atoms with van der Waals surface area (Å²) < 4.78 is 0. The average molecular weight is 240 g/mol. The molecule has 0 N–H and O–H groups in total. The quantitative estimate of drug-likeness (QED) is 0.622. The molecule has 0 amide bonds. The number of rotatable bonds is 2. The van der Waals surface area contributed by atoms with Gasteiger partial charge in [0, 0.05) is 0 Å². The first-order valence-corrected chi connectivity index (χ1v) is 7.73. The fourth-order valence-electron chi connectivity index (χ4n) is 3.64. The van der Waals surface area contributed by atoms with Crippen molar-refractivity contribution in [2.24, 2.45) is 0 Å². The molecule has 0 bridgehead atoms. The van der Waals surface area contributed by atoms with Crippen LogP contribution >= 0.6 is 0 Å². The van der Waals surface area contributed by atoms with Crippen molar-refractivity contribution in [3.05, 3.63) is 41.5 Å². The van der Waals surface area contributed by atoms with Gasteiger partial charge in [0.15, 0.2) is 0 Å². The number of hydrogen-bond donors (Lipinski definition) is 0. The SMILES string of the molecule is C1=C(c2ccccc2C2CCCCC2)CCCC1. The molecule has 0 heteroatoms. The standard InChI is InChI=1S/C18H24/c1-3-9-15(10-4-1)17-13-7-8-14-18(17)16-11-5-2-6-12-16/h7-9,13-14,16H,1-6,10-12H2. The van der Waals surface area contributed by atoms with Crippen molar-refractivity contribution in [2.75, 3.05) is 0 Å². The van der Waals surface area contributed by atoms with Crippen LogP contribution in [0.4, 0.5) is 0 Å². The minimum Gasteiger partial charge on any atom is -0.0807 e. The summed E-state index contributed by atoms with van der Waals surface area (Å²) in [7, 11) is 0. The summed E-state index contributed by atoms with van der Waals surface area (Å²) in [6, 6.07) is 9.20. The first-order chi connectivity index (χ1) is 8.95. The van der Waals surface area contributed by atoms with E-state index in [1.165, 1.54) is 57.8 Å². The summed E-state index contributed by atoms with van der Waals surface area (Å²) in [5, 5.41) is 0. The van der Waals surface area contributed by atoms with Crippen LogP contribution in [0.3, 0.4) is 0 Å². The molecule has 0 radical (unpaired) electrons. The van der Waals surface area contributed by atoms with E-state index in [1.807, 2.05) is 0 Å². The maximum atomic E-state index is 2.49. The van der Waals surface area contributed by atoms with E-state index in [-0.39, 0.29) is 0 Å². The lowest BCUT2D eigenvalue weighted by Gasteiger charge is -2.26. The molecule has 1 saturated carbocycles. The zero-order valence-corrected chi connectivity index (χ0v) is 11.3. The highest BCUT2D eigenvalue weighted by molar-refractivity contribution is 5.69. The molecule has 1 aromatic rings. The molecular formula is C18H24. The number of benzene rings is 1. The molecule has 1 fully saturated rings. The van der Waals surface area contributed by atoms with Gasteiger partial charge in [-0.15, -0.1) is 0 Å². The van der Waals surface area contributed by atoms with Gasteiger partial charge in [0.05, 0.1) is 0 Å². The van der Waals surface area contributed by atoms with E-state index in [2.05, 4.69) is 30.3 Å². The van der Waals surface area contributed by atoms with Crippen molar-refractivity contribution in [2.45, 2.75) is 63.7 Å². The summed E-state index contributed by atoms with van der Waals surface area (Å²) in [5.74, 6) is 0.831. The zero-order chi connectivity index (χ0) is 12.2. The molecule has 0 aromatic heterocycles. The van der Waals surface area contributed by atoms with Gasteiger partial charge in [-0.1, -0.05) is 49.6 Å². The normalized spacial score (nSPS) is 21.7. The molecule has 0 atom stereocenters. The molecule has 3 rings (SSSR count). The highest BCUT2D eigenvalue weighted by atomic mass is 14.2. The van der Waals surface area contributed by atoms with Crippen molar-refractivity contribution < 1.29 is 0 Å². The molecule has 2 aliphatic rings. The minimum atomic E-state index is 0.831. The van der Waals surface area contributed by atoms with Gasteiger partial charge in [-0.3, -0.25) is 0 Å². The van der Waals surface area contributed by atoms with Crippen molar-refractivity contribution in [3.63, 3.8) is 0 Å². The fraction of sp³-hybridized carbons (Fsp3) is 0.556. The first-order valence-electron chi connectivity index (χ1n) is 7.73. The van der Waals surface area contributed by atoms with E-state index >= 15 is 0 Å². The van der Waals surface area contributed by atoms with Gasteiger partial charge in [-0.05, 0) is 61.1 Å². The highest BCUT2D eigenvalue weighted by Crippen LogP contribution is 2.38. The van der Waals surface area contributed by atoms with Gasteiger partial charge >= 0.3 is 0 Å². The Hall–Kier alpha value is -1.04. The second kappa shape index (κ2) is 5.73. The van der Waals surface area contributed by atoms with Crippen LogP contribution in [0.5, 0.6) is 0 Å². The second-order valence-corrected chi connectivity index (χ2v) is 5.90. The van der Waals surface area contributed by atoms with Gasteiger partial charge in [0.2, 0.25) is 0 Å². The van der Waals surface area contributed by atoms with Crippen LogP contribution in [0.25, 0.3) is 5.57 Å². The topological polar surface area (TPSA) is 0 Å². The van der Waals surface area contributed by atoms with Gasteiger partial charge < -0.3 is 0 Å². The summed E-state index contributed by atoms with van der Waals surface area (Å²) in [6.45, 7) is 0. The largest absolute Gasteiger partial charge is 0.0807 e. The molecule has 0 aliphatic heterocycles. The molecule has 0 nitrogen and oxygen atoms in total. The third-order valence-corrected chi connectivity index (χ3v) is 4.64. The Bertz CT molecular complexity index is 421. The average Bonchev–Trinajstić information content (AvgIpc) is 2.49. The summed E-state index contributed by atoms with van der Waals surface area (Å²) >= 11 is 0. The lowest BCUT2D eigenvalue weighted by molar-refractivity contribution is 0.443. The van der Waals surface area contributed by atoms with Gasteiger partial charge in [0.25, 0.3) is 0 Å². The molecule has 0 saturated heterocycles. The van der Waals surface area contributed by atoms with E-state index < -0.39 is 0 Å². The molecule has 18 heavy (non-hydrogen) atoms. The van der Waals surface area contributed by atoms with E-state index in [0.29, 0.717) is 0 Å². The highest BCUT2D eigenvalue weighted by Gasteiger charge is 2.19. The van der Waals surface area contributed by atoms with Crippen LogP contribution in [0.2, 0.25) is 0 Å². The molecule has 1 aromatic carbocycles. The van der Waals surface area contributed by atoms with Crippen LogP contribution in [0.15, 0.2) is 30.3 Å². The van der Waals surface area contributed by atoms with Gasteiger partial charge in [0.1, 0.15) is 0 Å². The second-order valence-electron chi connectivity index (χ2n) is 5.90. The summed E-state index contributed by atoms with van der Waals surface area (Å²) in [4.78, 5) is 0. The van der Waals surface area contributed by atoms with Crippen molar-refractivity contribution in [1.29, 1.82) is 0 Å². The van der Waals surface area contributed by atoms with Crippen molar-refractivity contribution >= 4 is 5.57 Å². The smallest absolute Gasteiger partial charge is 0.0156 e. The molecule has 0 unspecified atom stereocenters. The predicted molar refractivity (Wildman–Crippen MR) is 78.7 cm³/mol. The lowest BCUT2D eigenvalue weighted by Crippen LogP contribution is -2.07. The third-order valence-electron chi connectivity index (χ3n) is 4.64. The van der Waals surface area contributed by atoms with Crippen molar-refractivity contribution in [1.82, 2.24) is 0 Å². The van der Waals surface area contributed by atoms with E-state index in [1.54, 1.807) is 16.7 Å². The van der Waals surface area contributed by atoms with Gasteiger partial charge in [-0.2, -0.15) is 0 Å². The Morgan fingerprint density at radius 3 is 2.44 bits per heavy atom. The minimum absolute atomic E-state index is 0.831. The predicted octanol–water partition coefficient (Wildman–Crippen LogP) is 5.69. The Kier molecular flexibility index (Phi) is 3.83. The Morgan fingerprint density at radius 1 is 0.833 bits per heavy atom. The van der Waals surface area contributed by atoms with Gasteiger partial charge in [-0.25, -0.2) is 0 Å². The maximum absolute atomic E-state index is 2.49. The van der Waals surface area contributed by atoms with Crippen LogP contribution in [0.1, 0.15) is 74.8 Å². The van der Waals surface area contributed by atoms with E-state index in [4.69, 9.17) is 0 Å². The molecular weight excluding hydrogens is 216 g/mol. The summed E-state index contributed by atoms with van der Waals surface area (Å²) in [6.07, 6.45) is 15.0. The van der Waals surface area contributed by atoms with E-state index in [9.17, 15) is 0 Å². The van der Waals surface area contributed by atoms with Crippen LogP contribution < -0.4 is 0 Å². The number of hydrogen-bond acceptors (Lipinski definition) is 0. The summed E-state index contributed by atoms with van der Waals surface area (Å²) in [5.41, 5.74) is 4.84. The molecule has 96 valence electrons. The van der Waals surface area contributed by atoms with Crippen LogP contribution in [0, 0.1) is 0 Å². The third kappa shape index (κ3) is 2.53. The Labute approximate surface area is 111 Å². The molecule has 0 spiro atoms. The Morgan fingerprint density at radius 2 is 1.67 bits per heavy atom. The fourth-order valence-corrected chi connectivity index (χ4v) is 3.64. The Balaban J connectivity index is 1.91. The molecule has 0 heterocycles. The lowest BCUT2D eigenvalue weighted by atomic mass is 9.79. The number of allylic oxidation sites excluding steroid dienone is 2. The van der Waals surface area contributed by atoms with E-state index in [0.717, 1.165) is 5.92 Å². The van der Waals surface area contributed by atoms with Crippen molar-refractivity contribution in [3.8, 4) is 0 Å². The monoisotopic (exact) mass is 240 g/mol. The molecule has 2 aliphatic carbocycles. The van der Waals surface area contributed by atoms with Crippen LogP contribution in [-0.4, -0.2) is 0 Å². The van der Waals surface area contributed by atoms with Crippen LogP contribution in [-0.2, 0) is 0 Å².